The number of nitriles is 1. The van der Waals surface area contributed by atoms with E-state index >= 15 is 0 Å². The number of ether oxygens (including phenoxy) is 1. The summed E-state index contributed by atoms with van der Waals surface area (Å²) < 4.78 is 6.13. The first-order valence-corrected chi connectivity index (χ1v) is 9.56. The summed E-state index contributed by atoms with van der Waals surface area (Å²) in [6, 6.07) is 16.6. The summed E-state index contributed by atoms with van der Waals surface area (Å²) in [5, 5.41) is 17.9. The van der Waals surface area contributed by atoms with Gasteiger partial charge in [-0.2, -0.15) is 5.26 Å². The zero-order valence-corrected chi connectivity index (χ0v) is 16.2. The lowest BCUT2D eigenvalue weighted by molar-refractivity contribution is 0.143. The van der Waals surface area contributed by atoms with Gasteiger partial charge in [0.2, 0.25) is 0 Å². The number of anilines is 1. The molecular weight excluding hydrogens is 384 g/mol. The molecule has 0 amide bonds. The summed E-state index contributed by atoms with van der Waals surface area (Å²) in [6.07, 6.45) is 0.101. The van der Waals surface area contributed by atoms with Crippen molar-refractivity contribution in [2.24, 2.45) is 0 Å². The zero-order chi connectivity index (χ0) is 21.1. The second-order valence-electron chi connectivity index (χ2n) is 7.08. The van der Waals surface area contributed by atoms with Crippen molar-refractivity contribution in [1.29, 1.82) is 5.26 Å². The molecule has 0 radical (unpaired) electrons. The summed E-state index contributed by atoms with van der Waals surface area (Å²) in [4.78, 5) is 28.0. The molecule has 0 unspecified atom stereocenters. The lowest BCUT2D eigenvalue weighted by Gasteiger charge is -2.36. The van der Waals surface area contributed by atoms with Crippen LogP contribution in [-0.2, 0) is 6.54 Å². The highest BCUT2D eigenvalue weighted by Crippen LogP contribution is 2.21. The number of carbonyl (C=O) groups is 1. The topological polar surface area (TPSA) is 98.3 Å². The van der Waals surface area contributed by atoms with Gasteiger partial charge in [-0.25, -0.2) is 4.79 Å². The van der Waals surface area contributed by atoms with Crippen LogP contribution < -0.4 is 15.2 Å². The number of fused-ring (bicyclic) bond motifs is 1. The van der Waals surface area contributed by atoms with Crippen LogP contribution in [0.3, 0.4) is 0 Å². The van der Waals surface area contributed by atoms with Gasteiger partial charge < -0.3 is 14.7 Å². The molecule has 0 atom stereocenters. The minimum absolute atomic E-state index is 0.197. The third-order valence-corrected chi connectivity index (χ3v) is 5.25. The zero-order valence-electron chi connectivity index (χ0n) is 16.2. The number of aromatic nitrogens is 1. The largest absolute Gasteiger partial charge is 0.511 e. The van der Waals surface area contributed by atoms with E-state index in [1.807, 2.05) is 36.4 Å². The second-order valence-corrected chi connectivity index (χ2v) is 7.08. The van der Waals surface area contributed by atoms with Crippen LogP contribution in [0.15, 0.2) is 59.5 Å². The van der Waals surface area contributed by atoms with E-state index in [0.717, 1.165) is 42.9 Å². The van der Waals surface area contributed by atoms with E-state index in [0.29, 0.717) is 12.1 Å². The smallest absolute Gasteiger partial charge is 0.449 e. The molecule has 0 aliphatic carbocycles. The van der Waals surface area contributed by atoms with Crippen LogP contribution in [0.2, 0.25) is 0 Å². The van der Waals surface area contributed by atoms with Crippen LogP contribution in [0, 0.1) is 11.3 Å². The lowest BCUT2D eigenvalue weighted by Crippen LogP contribution is -2.46. The number of pyridine rings is 2. The SMILES string of the molecule is N#Cc1ccc(N2CCN(Cc3cc(OC(=O)O)c(=O)n4ccccc34)CC2)cc1. The van der Waals surface area contributed by atoms with Crippen LogP contribution in [-0.4, -0.2) is 46.7 Å². The Morgan fingerprint density at radius 1 is 1.10 bits per heavy atom. The monoisotopic (exact) mass is 404 g/mol. The summed E-state index contributed by atoms with van der Waals surface area (Å²) >= 11 is 0. The van der Waals surface area contributed by atoms with Crippen LogP contribution in [0.5, 0.6) is 5.75 Å². The molecule has 1 fully saturated rings. The van der Waals surface area contributed by atoms with Gasteiger partial charge in [-0.1, -0.05) is 6.07 Å². The van der Waals surface area contributed by atoms with Gasteiger partial charge in [-0.3, -0.25) is 14.1 Å². The van der Waals surface area contributed by atoms with E-state index in [2.05, 4.69) is 15.9 Å². The van der Waals surface area contributed by atoms with Gasteiger partial charge in [-0.15, -0.1) is 0 Å². The fourth-order valence-corrected chi connectivity index (χ4v) is 3.74. The Balaban J connectivity index is 1.52. The molecule has 4 rings (SSSR count). The molecule has 1 N–H and O–H groups in total. The second kappa shape index (κ2) is 8.27. The summed E-state index contributed by atoms with van der Waals surface area (Å²) in [7, 11) is 0. The fourth-order valence-electron chi connectivity index (χ4n) is 3.74. The Morgan fingerprint density at radius 2 is 1.83 bits per heavy atom. The first-order valence-electron chi connectivity index (χ1n) is 9.56. The number of carboxylic acid groups (broad SMARTS) is 1. The number of hydrogen-bond donors (Lipinski definition) is 1. The number of piperazine rings is 1. The predicted octanol–water partition coefficient (Wildman–Crippen LogP) is 2.55. The van der Waals surface area contributed by atoms with Crippen molar-refractivity contribution in [1.82, 2.24) is 9.30 Å². The van der Waals surface area contributed by atoms with E-state index in [9.17, 15) is 9.59 Å². The maximum absolute atomic E-state index is 12.5. The van der Waals surface area contributed by atoms with Crippen LogP contribution in [0.25, 0.3) is 5.52 Å². The van der Waals surface area contributed by atoms with Crippen molar-refractivity contribution in [2.45, 2.75) is 6.54 Å². The standard InChI is InChI=1S/C22H20N4O4/c23-14-16-4-6-18(7-5-16)25-11-9-24(10-12-25)15-17-13-20(30-22(28)29)21(27)26-8-2-1-3-19(17)26/h1-8,13H,9-12,15H2,(H,28,29). The van der Waals surface area contributed by atoms with Gasteiger partial charge in [0, 0.05) is 44.6 Å². The molecule has 2 aromatic heterocycles. The van der Waals surface area contributed by atoms with Crippen LogP contribution in [0.1, 0.15) is 11.1 Å². The molecule has 3 heterocycles. The molecule has 0 spiro atoms. The Morgan fingerprint density at radius 3 is 2.50 bits per heavy atom. The molecule has 8 nitrogen and oxygen atoms in total. The van der Waals surface area contributed by atoms with E-state index in [4.69, 9.17) is 15.1 Å². The highest BCUT2D eigenvalue weighted by atomic mass is 16.7. The maximum Gasteiger partial charge on any atom is 0.511 e. The third kappa shape index (κ3) is 3.97. The summed E-state index contributed by atoms with van der Waals surface area (Å²) in [5.41, 5.74) is 2.79. The molecule has 1 aromatic carbocycles. The molecule has 152 valence electrons. The van der Waals surface area contributed by atoms with Crippen molar-refractivity contribution >= 4 is 17.4 Å². The van der Waals surface area contributed by atoms with E-state index in [1.165, 1.54) is 10.5 Å². The van der Waals surface area contributed by atoms with Crippen molar-refractivity contribution in [3.8, 4) is 11.8 Å². The Hall–Kier alpha value is -3.83. The fraction of sp³-hybridized carbons (Fsp3) is 0.227. The molecule has 1 aliphatic rings. The van der Waals surface area contributed by atoms with Gasteiger partial charge in [0.25, 0.3) is 5.56 Å². The molecule has 1 saturated heterocycles. The van der Waals surface area contributed by atoms with Crippen LogP contribution in [0.4, 0.5) is 10.5 Å². The third-order valence-electron chi connectivity index (χ3n) is 5.25. The lowest BCUT2D eigenvalue weighted by atomic mass is 10.1. The van der Waals surface area contributed by atoms with Gasteiger partial charge >= 0.3 is 6.16 Å². The van der Waals surface area contributed by atoms with Crippen molar-refractivity contribution in [3.63, 3.8) is 0 Å². The van der Waals surface area contributed by atoms with Gasteiger partial charge in [0.05, 0.1) is 17.1 Å². The molecule has 8 heteroatoms. The first-order chi connectivity index (χ1) is 14.5. The average molecular weight is 404 g/mol. The van der Waals surface area contributed by atoms with Gasteiger partial charge in [-0.05, 0) is 48.0 Å². The highest BCUT2D eigenvalue weighted by molar-refractivity contribution is 5.63. The summed E-state index contributed by atoms with van der Waals surface area (Å²) in [5.74, 6) is -0.197. The quantitative estimate of drug-likeness (QED) is 0.667. The minimum Gasteiger partial charge on any atom is -0.449 e. The average Bonchev–Trinajstić information content (AvgIpc) is 2.77. The Bertz CT molecular complexity index is 1170. The van der Waals surface area contributed by atoms with Crippen molar-refractivity contribution in [2.75, 3.05) is 31.1 Å². The van der Waals surface area contributed by atoms with Crippen molar-refractivity contribution < 1.29 is 14.6 Å². The van der Waals surface area contributed by atoms with Crippen molar-refractivity contribution in [3.05, 3.63) is 76.2 Å². The molecule has 30 heavy (non-hydrogen) atoms. The minimum atomic E-state index is -1.51. The van der Waals surface area contributed by atoms with Gasteiger partial charge in [0.15, 0.2) is 5.75 Å². The maximum atomic E-state index is 12.5. The van der Waals surface area contributed by atoms with Crippen LogP contribution >= 0.6 is 0 Å². The number of rotatable bonds is 4. The predicted molar refractivity (Wildman–Crippen MR) is 111 cm³/mol. The molecule has 0 bridgehead atoms. The Kier molecular flexibility index (Phi) is 5.37. The molecule has 1 aliphatic heterocycles. The normalized spacial score (nSPS) is 14.4. The number of nitrogens with zero attached hydrogens (tertiary/aromatic N) is 4. The summed E-state index contributed by atoms with van der Waals surface area (Å²) in [6.45, 7) is 3.86. The number of hydrogen-bond acceptors (Lipinski definition) is 6. The first kappa shape index (κ1) is 19.5. The van der Waals surface area contributed by atoms with Gasteiger partial charge in [0.1, 0.15) is 0 Å². The van der Waals surface area contributed by atoms with E-state index in [-0.39, 0.29) is 5.75 Å². The Labute approximate surface area is 172 Å². The molecule has 3 aromatic rings. The molecule has 0 saturated carbocycles. The molecular formula is C22H20N4O4. The highest BCUT2D eigenvalue weighted by Gasteiger charge is 2.20. The van der Waals surface area contributed by atoms with E-state index in [1.54, 1.807) is 12.3 Å². The van der Waals surface area contributed by atoms with E-state index < -0.39 is 11.7 Å². The number of benzene rings is 1.